The molecular formula is C9H16N4O. The number of nitrogens with two attached hydrogens (primary N) is 1. The first-order valence-corrected chi connectivity index (χ1v) is 5.13. The van der Waals surface area contributed by atoms with Crippen molar-refractivity contribution in [1.29, 1.82) is 0 Å². The van der Waals surface area contributed by atoms with Gasteiger partial charge in [0.25, 0.3) is 0 Å². The Morgan fingerprint density at radius 3 is 2.93 bits per heavy atom. The van der Waals surface area contributed by atoms with Crippen molar-refractivity contribution in [2.75, 3.05) is 19.6 Å². The number of hydrogen-bond donors (Lipinski definition) is 2. The summed E-state index contributed by atoms with van der Waals surface area (Å²) in [5, 5.41) is 7.20. The standard InChI is InChI=1S/C9H16N4O/c10-4-1-8-12-9(14-13-8)7-2-5-11-6-3-7/h7,11H,1-6,10H2. The highest BCUT2D eigenvalue weighted by atomic mass is 16.5. The van der Waals surface area contributed by atoms with Crippen LogP contribution in [0.4, 0.5) is 0 Å². The van der Waals surface area contributed by atoms with Crippen molar-refractivity contribution in [1.82, 2.24) is 15.5 Å². The van der Waals surface area contributed by atoms with Crippen LogP contribution in [0.5, 0.6) is 0 Å². The second kappa shape index (κ2) is 4.52. The Balaban J connectivity index is 2.00. The lowest BCUT2D eigenvalue weighted by Gasteiger charge is -2.18. The molecule has 2 heterocycles. The van der Waals surface area contributed by atoms with Gasteiger partial charge in [0.2, 0.25) is 5.89 Å². The lowest BCUT2D eigenvalue weighted by molar-refractivity contribution is 0.318. The Morgan fingerprint density at radius 2 is 2.21 bits per heavy atom. The highest BCUT2D eigenvalue weighted by molar-refractivity contribution is 4.96. The Hall–Kier alpha value is -0.940. The molecule has 0 radical (unpaired) electrons. The summed E-state index contributed by atoms with van der Waals surface area (Å²) in [4.78, 5) is 4.34. The predicted octanol–water partition coefficient (Wildman–Crippen LogP) is 0.0378. The van der Waals surface area contributed by atoms with Crippen LogP contribution < -0.4 is 11.1 Å². The van der Waals surface area contributed by atoms with Crippen LogP contribution >= 0.6 is 0 Å². The minimum atomic E-state index is 0.440. The Morgan fingerprint density at radius 1 is 1.43 bits per heavy atom. The molecule has 0 unspecified atom stereocenters. The number of nitrogens with one attached hydrogen (secondary N) is 1. The lowest BCUT2D eigenvalue weighted by Crippen LogP contribution is -2.26. The summed E-state index contributed by atoms with van der Waals surface area (Å²) in [5.74, 6) is 1.96. The molecule has 5 heteroatoms. The van der Waals surface area contributed by atoms with Gasteiger partial charge in [-0.05, 0) is 32.5 Å². The van der Waals surface area contributed by atoms with Crippen molar-refractivity contribution in [2.24, 2.45) is 5.73 Å². The molecule has 1 aromatic heterocycles. The number of piperidine rings is 1. The van der Waals surface area contributed by atoms with E-state index in [0.717, 1.165) is 37.6 Å². The Bertz CT molecular complexity index is 280. The van der Waals surface area contributed by atoms with Crippen molar-refractivity contribution >= 4 is 0 Å². The highest BCUT2D eigenvalue weighted by Crippen LogP contribution is 2.23. The molecule has 1 aliphatic rings. The monoisotopic (exact) mass is 196 g/mol. The molecule has 78 valence electrons. The number of aromatic nitrogens is 2. The van der Waals surface area contributed by atoms with E-state index in [-0.39, 0.29) is 0 Å². The van der Waals surface area contributed by atoms with E-state index in [2.05, 4.69) is 15.5 Å². The van der Waals surface area contributed by atoms with Crippen molar-refractivity contribution in [3.8, 4) is 0 Å². The van der Waals surface area contributed by atoms with Gasteiger partial charge in [-0.25, -0.2) is 0 Å². The molecule has 5 nitrogen and oxygen atoms in total. The average molecular weight is 196 g/mol. The highest BCUT2D eigenvalue weighted by Gasteiger charge is 2.20. The molecule has 2 rings (SSSR count). The van der Waals surface area contributed by atoms with Crippen molar-refractivity contribution in [3.63, 3.8) is 0 Å². The molecule has 0 bridgehead atoms. The van der Waals surface area contributed by atoms with Gasteiger partial charge < -0.3 is 15.6 Å². The normalized spacial score (nSPS) is 18.6. The van der Waals surface area contributed by atoms with Crippen molar-refractivity contribution in [2.45, 2.75) is 25.2 Å². The summed E-state index contributed by atoms with van der Waals surface area (Å²) in [6.07, 6.45) is 2.88. The summed E-state index contributed by atoms with van der Waals surface area (Å²) in [7, 11) is 0. The topological polar surface area (TPSA) is 77.0 Å². The van der Waals surface area contributed by atoms with Crippen LogP contribution in [0.1, 0.15) is 30.5 Å². The van der Waals surface area contributed by atoms with Crippen LogP contribution in [0.3, 0.4) is 0 Å². The molecule has 14 heavy (non-hydrogen) atoms. The van der Waals surface area contributed by atoms with Gasteiger partial charge in [-0.15, -0.1) is 0 Å². The zero-order chi connectivity index (χ0) is 9.80. The maximum atomic E-state index is 5.42. The first-order valence-electron chi connectivity index (χ1n) is 5.13. The molecular weight excluding hydrogens is 180 g/mol. The minimum absolute atomic E-state index is 0.440. The molecule has 0 saturated carbocycles. The fourth-order valence-electron chi connectivity index (χ4n) is 1.73. The summed E-state index contributed by atoms with van der Waals surface area (Å²) in [6.45, 7) is 2.66. The maximum absolute atomic E-state index is 5.42. The fourth-order valence-corrected chi connectivity index (χ4v) is 1.73. The first-order chi connectivity index (χ1) is 6.90. The van der Waals surface area contributed by atoms with E-state index in [1.165, 1.54) is 0 Å². The molecule has 0 atom stereocenters. The molecule has 3 N–H and O–H groups in total. The smallest absolute Gasteiger partial charge is 0.229 e. The number of rotatable bonds is 3. The van der Waals surface area contributed by atoms with Gasteiger partial charge >= 0.3 is 0 Å². The van der Waals surface area contributed by atoms with E-state index in [9.17, 15) is 0 Å². The first kappa shape index (κ1) is 9.61. The van der Waals surface area contributed by atoms with Crippen LogP contribution in [-0.2, 0) is 6.42 Å². The van der Waals surface area contributed by atoms with E-state index < -0.39 is 0 Å². The van der Waals surface area contributed by atoms with Gasteiger partial charge in [0.05, 0.1) is 0 Å². The van der Waals surface area contributed by atoms with Crippen LogP contribution in [-0.4, -0.2) is 29.8 Å². The molecule has 1 aromatic rings. The van der Waals surface area contributed by atoms with E-state index >= 15 is 0 Å². The van der Waals surface area contributed by atoms with Crippen molar-refractivity contribution in [3.05, 3.63) is 11.7 Å². The summed E-state index contributed by atoms with van der Waals surface area (Å²) >= 11 is 0. The molecule has 1 fully saturated rings. The van der Waals surface area contributed by atoms with Gasteiger partial charge in [-0.3, -0.25) is 0 Å². The van der Waals surface area contributed by atoms with Crippen LogP contribution in [0.25, 0.3) is 0 Å². The maximum Gasteiger partial charge on any atom is 0.229 e. The summed E-state index contributed by atoms with van der Waals surface area (Å²) in [6, 6.07) is 0. The third-order valence-electron chi connectivity index (χ3n) is 2.54. The lowest BCUT2D eigenvalue weighted by atomic mass is 9.98. The van der Waals surface area contributed by atoms with E-state index in [0.29, 0.717) is 18.9 Å². The largest absolute Gasteiger partial charge is 0.339 e. The zero-order valence-electron chi connectivity index (χ0n) is 8.20. The van der Waals surface area contributed by atoms with E-state index in [4.69, 9.17) is 10.3 Å². The minimum Gasteiger partial charge on any atom is -0.339 e. The molecule has 0 aromatic carbocycles. The Kier molecular flexibility index (Phi) is 3.10. The summed E-state index contributed by atoms with van der Waals surface area (Å²) < 4.78 is 5.21. The second-order valence-corrected chi connectivity index (χ2v) is 3.61. The third kappa shape index (κ3) is 2.10. The quantitative estimate of drug-likeness (QED) is 0.713. The fraction of sp³-hybridized carbons (Fsp3) is 0.778. The molecule has 0 aliphatic carbocycles. The number of hydrogen-bond acceptors (Lipinski definition) is 5. The van der Waals surface area contributed by atoms with Crippen molar-refractivity contribution < 1.29 is 4.52 Å². The van der Waals surface area contributed by atoms with Gasteiger partial charge in [0.15, 0.2) is 5.82 Å². The second-order valence-electron chi connectivity index (χ2n) is 3.61. The van der Waals surface area contributed by atoms with Crippen LogP contribution in [0.15, 0.2) is 4.52 Å². The third-order valence-corrected chi connectivity index (χ3v) is 2.54. The van der Waals surface area contributed by atoms with Gasteiger partial charge in [-0.2, -0.15) is 4.98 Å². The van der Waals surface area contributed by atoms with Gasteiger partial charge in [-0.1, -0.05) is 5.16 Å². The molecule has 0 spiro atoms. The average Bonchev–Trinajstić information content (AvgIpc) is 2.68. The number of nitrogens with zero attached hydrogens (tertiary/aromatic N) is 2. The van der Waals surface area contributed by atoms with Crippen LogP contribution in [0, 0.1) is 0 Å². The SMILES string of the molecule is NCCc1noc(C2CCNCC2)n1. The zero-order valence-corrected chi connectivity index (χ0v) is 8.20. The molecule has 1 saturated heterocycles. The molecule has 0 amide bonds. The summed E-state index contributed by atoms with van der Waals surface area (Å²) in [5.41, 5.74) is 5.42. The predicted molar refractivity (Wildman–Crippen MR) is 51.9 cm³/mol. The Labute approximate surface area is 83.1 Å². The van der Waals surface area contributed by atoms with Gasteiger partial charge in [0.1, 0.15) is 0 Å². The molecule has 1 aliphatic heterocycles. The van der Waals surface area contributed by atoms with E-state index in [1.807, 2.05) is 0 Å². The van der Waals surface area contributed by atoms with E-state index in [1.54, 1.807) is 0 Å². The van der Waals surface area contributed by atoms with Gasteiger partial charge in [0, 0.05) is 12.3 Å². The van der Waals surface area contributed by atoms with Crippen LogP contribution in [0.2, 0.25) is 0 Å².